The molecular formula is C23H16O5. The number of aromatic hydroxyl groups is 3. The lowest BCUT2D eigenvalue weighted by atomic mass is 10.1. The molecule has 0 unspecified atom stereocenters. The van der Waals surface area contributed by atoms with Crippen molar-refractivity contribution in [2.45, 2.75) is 0 Å². The Morgan fingerprint density at radius 3 is 2.32 bits per heavy atom. The smallest absolute Gasteiger partial charge is 0.189 e. The van der Waals surface area contributed by atoms with Crippen LogP contribution in [-0.2, 0) is 0 Å². The minimum absolute atomic E-state index is 0.104. The van der Waals surface area contributed by atoms with Crippen molar-refractivity contribution in [3.8, 4) is 28.6 Å². The van der Waals surface area contributed by atoms with E-state index >= 15 is 0 Å². The van der Waals surface area contributed by atoms with Crippen LogP contribution in [0.2, 0.25) is 0 Å². The van der Waals surface area contributed by atoms with E-state index in [0.717, 1.165) is 22.6 Å². The van der Waals surface area contributed by atoms with Gasteiger partial charge in [-0.25, -0.2) is 0 Å². The van der Waals surface area contributed by atoms with Crippen LogP contribution in [0.1, 0.15) is 15.9 Å². The first kappa shape index (κ1) is 17.4. The summed E-state index contributed by atoms with van der Waals surface area (Å²) in [5.74, 6) is 0.138. The van der Waals surface area contributed by atoms with Gasteiger partial charge in [0.25, 0.3) is 0 Å². The molecule has 0 saturated carbocycles. The zero-order valence-electron chi connectivity index (χ0n) is 14.7. The summed E-state index contributed by atoms with van der Waals surface area (Å²) in [7, 11) is 0. The summed E-state index contributed by atoms with van der Waals surface area (Å²) in [6.07, 6.45) is 3.02. The molecule has 0 aliphatic rings. The second-order valence-corrected chi connectivity index (χ2v) is 6.35. The van der Waals surface area contributed by atoms with E-state index in [0.29, 0.717) is 11.3 Å². The quantitative estimate of drug-likeness (QED) is 0.342. The first-order valence-electron chi connectivity index (χ1n) is 8.57. The number of phenolic OH excluding ortho intramolecular Hbond substituents is 3. The number of fused-ring (bicyclic) bond motifs is 1. The number of furan rings is 1. The number of phenols is 3. The number of allylic oxidation sites excluding steroid dienone is 1. The lowest BCUT2D eigenvalue weighted by Gasteiger charge is -2.01. The lowest BCUT2D eigenvalue weighted by molar-refractivity contribution is 0.104. The number of benzene rings is 3. The van der Waals surface area contributed by atoms with Crippen molar-refractivity contribution in [2.24, 2.45) is 0 Å². The number of hydrogen-bond donors (Lipinski definition) is 3. The number of hydrogen-bond acceptors (Lipinski definition) is 5. The Balaban J connectivity index is 1.60. The largest absolute Gasteiger partial charge is 0.508 e. The molecule has 138 valence electrons. The van der Waals surface area contributed by atoms with Gasteiger partial charge in [-0.15, -0.1) is 0 Å². The maximum absolute atomic E-state index is 12.3. The van der Waals surface area contributed by atoms with Crippen molar-refractivity contribution in [3.05, 3.63) is 83.9 Å². The van der Waals surface area contributed by atoms with Gasteiger partial charge in [-0.1, -0.05) is 12.1 Å². The highest BCUT2D eigenvalue weighted by molar-refractivity contribution is 6.08. The first-order chi connectivity index (χ1) is 13.5. The molecule has 4 rings (SSSR count). The summed E-state index contributed by atoms with van der Waals surface area (Å²) in [6.45, 7) is 0. The Kier molecular flexibility index (Phi) is 4.33. The topological polar surface area (TPSA) is 90.9 Å². The minimum atomic E-state index is -0.366. The van der Waals surface area contributed by atoms with E-state index in [4.69, 9.17) is 4.42 Å². The average Bonchev–Trinajstić information content (AvgIpc) is 3.10. The average molecular weight is 372 g/mol. The van der Waals surface area contributed by atoms with E-state index in [9.17, 15) is 20.1 Å². The molecule has 0 atom stereocenters. The zero-order valence-corrected chi connectivity index (χ0v) is 14.7. The molecule has 0 saturated heterocycles. The lowest BCUT2D eigenvalue weighted by Crippen LogP contribution is -1.94. The first-order valence-corrected chi connectivity index (χ1v) is 8.57. The predicted octanol–water partition coefficient (Wildman–Crippen LogP) is 5.11. The SMILES string of the molecule is O=C(C=Cc1ccc2oc(-c3ccc(O)cc3)cc2c1)c1ccc(O)cc1O. The molecule has 3 N–H and O–H groups in total. The van der Waals surface area contributed by atoms with Crippen molar-refractivity contribution in [1.82, 2.24) is 0 Å². The summed E-state index contributed by atoms with van der Waals surface area (Å²) in [5, 5.41) is 29.4. The highest BCUT2D eigenvalue weighted by atomic mass is 16.3. The van der Waals surface area contributed by atoms with Gasteiger partial charge in [-0.05, 0) is 66.2 Å². The Morgan fingerprint density at radius 2 is 1.57 bits per heavy atom. The molecule has 0 radical (unpaired) electrons. The molecule has 1 heterocycles. The summed E-state index contributed by atoms with van der Waals surface area (Å²) in [4.78, 5) is 12.3. The fraction of sp³-hybridized carbons (Fsp3) is 0. The van der Waals surface area contributed by atoms with Gasteiger partial charge in [0.1, 0.15) is 28.6 Å². The third kappa shape index (κ3) is 3.46. The van der Waals surface area contributed by atoms with E-state index in [2.05, 4.69) is 0 Å². The molecule has 0 amide bonds. The molecule has 0 fully saturated rings. The number of carbonyl (C=O) groups excluding carboxylic acids is 1. The normalized spacial score (nSPS) is 11.3. The zero-order chi connectivity index (χ0) is 19.7. The van der Waals surface area contributed by atoms with Gasteiger partial charge < -0.3 is 19.7 Å². The van der Waals surface area contributed by atoms with Gasteiger partial charge >= 0.3 is 0 Å². The fourth-order valence-electron chi connectivity index (χ4n) is 2.92. The van der Waals surface area contributed by atoms with E-state index < -0.39 is 0 Å². The summed E-state index contributed by atoms with van der Waals surface area (Å²) in [5.41, 5.74) is 2.48. The summed E-state index contributed by atoms with van der Waals surface area (Å²) >= 11 is 0. The van der Waals surface area contributed by atoms with Crippen molar-refractivity contribution in [1.29, 1.82) is 0 Å². The van der Waals surface area contributed by atoms with Gasteiger partial charge in [-0.3, -0.25) is 4.79 Å². The fourth-order valence-corrected chi connectivity index (χ4v) is 2.92. The molecule has 5 heteroatoms. The van der Waals surface area contributed by atoms with Crippen LogP contribution in [0, 0.1) is 0 Å². The highest BCUT2D eigenvalue weighted by Gasteiger charge is 2.09. The van der Waals surface area contributed by atoms with Gasteiger partial charge in [0.2, 0.25) is 0 Å². The van der Waals surface area contributed by atoms with Gasteiger partial charge in [0.05, 0.1) is 5.56 Å². The third-order valence-corrected chi connectivity index (χ3v) is 4.37. The van der Waals surface area contributed by atoms with Crippen LogP contribution in [-0.4, -0.2) is 21.1 Å². The van der Waals surface area contributed by atoms with Crippen LogP contribution in [0.15, 0.2) is 77.2 Å². The molecule has 4 aromatic rings. The number of carbonyl (C=O) groups is 1. The maximum atomic E-state index is 12.3. The van der Waals surface area contributed by atoms with Crippen LogP contribution in [0.5, 0.6) is 17.2 Å². The Labute approximate surface area is 160 Å². The molecular weight excluding hydrogens is 356 g/mol. The van der Waals surface area contributed by atoms with Crippen LogP contribution in [0.25, 0.3) is 28.4 Å². The van der Waals surface area contributed by atoms with Gasteiger partial charge in [-0.2, -0.15) is 0 Å². The van der Waals surface area contributed by atoms with Crippen molar-refractivity contribution in [3.63, 3.8) is 0 Å². The Morgan fingerprint density at radius 1 is 0.821 bits per heavy atom. The molecule has 0 aliphatic heterocycles. The van der Waals surface area contributed by atoms with Crippen molar-refractivity contribution >= 4 is 22.8 Å². The van der Waals surface area contributed by atoms with E-state index in [1.54, 1.807) is 30.3 Å². The predicted molar refractivity (Wildman–Crippen MR) is 106 cm³/mol. The van der Waals surface area contributed by atoms with E-state index in [1.165, 1.54) is 18.2 Å². The third-order valence-electron chi connectivity index (χ3n) is 4.37. The van der Waals surface area contributed by atoms with E-state index in [1.807, 2.05) is 24.3 Å². The molecule has 0 aliphatic carbocycles. The van der Waals surface area contributed by atoms with Crippen LogP contribution < -0.4 is 0 Å². The van der Waals surface area contributed by atoms with E-state index in [-0.39, 0.29) is 28.6 Å². The highest BCUT2D eigenvalue weighted by Crippen LogP contribution is 2.30. The maximum Gasteiger partial charge on any atom is 0.189 e. The number of rotatable bonds is 4. The van der Waals surface area contributed by atoms with Crippen LogP contribution >= 0.6 is 0 Å². The van der Waals surface area contributed by atoms with Crippen molar-refractivity contribution < 1.29 is 24.5 Å². The standard InChI is InChI=1S/C23H16O5/c24-17-5-3-15(4-6-17)23-12-16-11-14(2-10-22(16)28-23)1-9-20(26)19-8-7-18(25)13-21(19)27/h1-13,24-25,27H. The second-order valence-electron chi connectivity index (χ2n) is 6.35. The summed E-state index contributed by atoms with van der Waals surface area (Å²) < 4.78 is 5.84. The second kappa shape index (κ2) is 6.96. The molecule has 3 aromatic carbocycles. The van der Waals surface area contributed by atoms with Crippen molar-refractivity contribution in [2.75, 3.05) is 0 Å². The summed E-state index contributed by atoms with van der Waals surface area (Å²) in [6, 6.07) is 18.0. The molecule has 28 heavy (non-hydrogen) atoms. The Hall–Kier alpha value is -3.99. The molecule has 1 aromatic heterocycles. The molecule has 0 spiro atoms. The van der Waals surface area contributed by atoms with Gasteiger partial charge in [0, 0.05) is 17.0 Å². The monoisotopic (exact) mass is 372 g/mol. The van der Waals surface area contributed by atoms with Crippen LogP contribution in [0.4, 0.5) is 0 Å². The molecule has 0 bridgehead atoms. The minimum Gasteiger partial charge on any atom is -0.508 e. The van der Waals surface area contributed by atoms with Crippen LogP contribution in [0.3, 0.4) is 0 Å². The number of ketones is 1. The Bertz CT molecular complexity index is 1200. The molecule has 5 nitrogen and oxygen atoms in total. The van der Waals surface area contributed by atoms with Gasteiger partial charge in [0.15, 0.2) is 5.78 Å².